The molecular weight excluding hydrogens is 226 g/mol. The molecule has 4 nitrogen and oxygen atoms in total. The Balaban J connectivity index is 2.01. The Morgan fingerprint density at radius 3 is 3.06 bits per heavy atom. The van der Waals surface area contributed by atoms with Crippen molar-refractivity contribution in [3.8, 4) is 0 Å². The number of aromatic nitrogens is 2. The second-order valence-corrected chi connectivity index (χ2v) is 5.15. The first-order valence-corrected chi connectivity index (χ1v) is 6.49. The van der Waals surface area contributed by atoms with Crippen LogP contribution >= 0.6 is 0 Å². The molecule has 0 saturated carbocycles. The van der Waals surface area contributed by atoms with Gasteiger partial charge in [-0.25, -0.2) is 4.98 Å². The van der Waals surface area contributed by atoms with Crippen molar-refractivity contribution in [3.05, 3.63) is 23.8 Å². The topological polar surface area (TPSA) is 53.1 Å². The Labute approximate surface area is 107 Å². The van der Waals surface area contributed by atoms with Crippen LogP contribution in [0.1, 0.15) is 18.9 Å². The van der Waals surface area contributed by atoms with Gasteiger partial charge in [0.15, 0.2) is 0 Å². The number of nitrogen functional groups attached to an aromatic ring is 1. The summed E-state index contributed by atoms with van der Waals surface area (Å²) in [7, 11) is 0. The molecule has 96 valence electrons. The van der Waals surface area contributed by atoms with Gasteiger partial charge in [-0.3, -0.25) is 0 Å². The van der Waals surface area contributed by atoms with E-state index in [1.165, 1.54) is 5.56 Å². The lowest BCUT2D eigenvalue weighted by Gasteiger charge is -2.16. The number of aryl methyl sites for hydroxylation is 1. The Morgan fingerprint density at radius 2 is 2.33 bits per heavy atom. The number of para-hydroxylation sites is 1. The fraction of sp³-hybridized carbons (Fsp3) is 0.500. The zero-order chi connectivity index (χ0) is 12.7. The van der Waals surface area contributed by atoms with E-state index in [1.54, 1.807) is 0 Å². The molecule has 1 saturated heterocycles. The van der Waals surface area contributed by atoms with Gasteiger partial charge in [-0.1, -0.05) is 12.1 Å². The lowest BCUT2D eigenvalue weighted by Crippen LogP contribution is -2.18. The van der Waals surface area contributed by atoms with Gasteiger partial charge in [0.25, 0.3) is 0 Å². The van der Waals surface area contributed by atoms with Crippen molar-refractivity contribution in [2.45, 2.75) is 32.9 Å². The van der Waals surface area contributed by atoms with Crippen LogP contribution in [-0.4, -0.2) is 22.3 Å². The minimum atomic E-state index is 0.312. The second-order valence-electron chi connectivity index (χ2n) is 5.15. The Hall–Kier alpha value is -1.55. The molecule has 1 fully saturated rings. The average Bonchev–Trinajstić information content (AvgIpc) is 2.87. The van der Waals surface area contributed by atoms with Crippen LogP contribution in [-0.2, 0) is 11.3 Å². The van der Waals surface area contributed by atoms with Crippen LogP contribution in [0.3, 0.4) is 0 Å². The van der Waals surface area contributed by atoms with Crippen molar-refractivity contribution in [2.75, 3.05) is 12.3 Å². The van der Waals surface area contributed by atoms with E-state index in [4.69, 9.17) is 10.5 Å². The molecule has 3 rings (SSSR count). The average molecular weight is 245 g/mol. The van der Waals surface area contributed by atoms with Crippen molar-refractivity contribution < 1.29 is 4.74 Å². The smallest absolute Gasteiger partial charge is 0.201 e. The van der Waals surface area contributed by atoms with Crippen molar-refractivity contribution in [2.24, 2.45) is 5.92 Å². The van der Waals surface area contributed by atoms with Gasteiger partial charge in [0.2, 0.25) is 5.95 Å². The molecule has 2 aromatic rings. The van der Waals surface area contributed by atoms with E-state index in [9.17, 15) is 0 Å². The van der Waals surface area contributed by atoms with E-state index < -0.39 is 0 Å². The van der Waals surface area contributed by atoms with Gasteiger partial charge in [-0.15, -0.1) is 0 Å². The Bertz CT molecular complexity index is 576. The van der Waals surface area contributed by atoms with Gasteiger partial charge >= 0.3 is 0 Å². The van der Waals surface area contributed by atoms with Gasteiger partial charge < -0.3 is 15.0 Å². The summed E-state index contributed by atoms with van der Waals surface area (Å²) in [6, 6.07) is 6.22. The molecule has 0 spiro atoms. The molecule has 0 bridgehead atoms. The molecular formula is C14H19N3O. The monoisotopic (exact) mass is 245 g/mol. The van der Waals surface area contributed by atoms with Crippen LogP contribution in [0, 0.1) is 12.8 Å². The predicted octanol–water partition coefficient (Wildman–Crippen LogP) is 2.35. The van der Waals surface area contributed by atoms with Crippen LogP contribution in [0.4, 0.5) is 5.95 Å². The van der Waals surface area contributed by atoms with E-state index >= 15 is 0 Å². The Morgan fingerprint density at radius 1 is 1.50 bits per heavy atom. The summed E-state index contributed by atoms with van der Waals surface area (Å²) in [5.74, 6) is 1.14. The molecule has 1 aliphatic rings. The van der Waals surface area contributed by atoms with Crippen LogP contribution < -0.4 is 5.73 Å². The molecule has 2 N–H and O–H groups in total. The molecule has 0 radical (unpaired) electrons. The zero-order valence-corrected chi connectivity index (χ0v) is 10.9. The molecule has 1 aliphatic heterocycles. The Kier molecular flexibility index (Phi) is 2.74. The lowest BCUT2D eigenvalue weighted by molar-refractivity contribution is 0.102. The SMILES string of the molecule is Cc1cccc2c1nc(N)n2CC1CCOC1C. The number of hydrogen-bond donors (Lipinski definition) is 1. The second kappa shape index (κ2) is 4.28. The van der Waals surface area contributed by atoms with Gasteiger partial charge in [0.05, 0.1) is 17.1 Å². The third kappa shape index (κ3) is 1.77. The van der Waals surface area contributed by atoms with E-state index in [0.717, 1.165) is 30.6 Å². The third-order valence-electron chi connectivity index (χ3n) is 3.96. The summed E-state index contributed by atoms with van der Waals surface area (Å²) in [6.07, 6.45) is 1.41. The molecule has 4 heteroatoms. The number of anilines is 1. The van der Waals surface area contributed by atoms with E-state index in [0.29, 0.717) is 18.0 Å². The number of nitrogens with zero attached hydrogens (tertiary/aromatic N) is 2. The normalized spacial score (nSPS) is 23.9. The van der Waals surface area contributed by atoms with Crippen LogP contribution in [0.5, 0.6) is 0 Å². The summed E-state index contributed by atoms with van der Waals surface area (Å²) >= 11 is 0. The first kappa shape index (κ1) is 11.5. The maximum atomic E-state index is 6.06. The fourth-order valence-corrected chi connectivity index (χ4v) is 2.75. The summed E-state index contributed by atoms with van der Waals surface area (Å²) in [6.45, 7) is 5.96. The highest BCUT2D eigenvalue weighted by atomic mass is 16.5. The number of fused-ring (bicyclic) bond motifs is 1. The predicted molar refractivity (Wildman–Crippen MR) is 72.4 cm³/mol. The largest absolute Gasteiger partial charge is 0.378 e. The highest BCUT2D eigenvalue weighted by molar-refractivity contribution is 5.81. The lowest BCUT2D eigenvalue weighted by atomic mass is 10.0. The van der Waals surface area contributed by atoms with Crippen molar-refractivity contribution in [3.63, 3.8) is 0 Å². The zero-order valence-electron chi connectivity index (χ0n) is 10.9. The van der Waals surface area contributed by atoms with Gasteiger partial charge in [-0.05, 0) is 31.9 Å². The summed E-state index contributed by atoms with van der Waals surface area (Å²) in [4.78, 5) is 4.48. The molecule has 1 aromatic carbocycles. The molecule has 2 unspecified atom stereocenters. The molecule has 18 heavy (non-hydrogen) atoms. The third-order valence-corrected chi connectivity index (χ3v) is 3.96. The van der Waals surface area contributed by atoms with Gasteiger partial charge in [0, 0.05) is 19.1 Å². The van der Waals surface area contributed by atoms with E-state index in [1.807, 2.05) is 0 Å². The number of imidazole rings is 1. The van der Waals surface area contributed by atoms with Crippen molar-refractivity contribution in [1.82, 2.24) is 9.55 Å². The fourth-order valence-electron chi connectivity index (χ4n) is 2.75. The number of nitrogens with two attached hydrogens (primary N) is 1. The minimum Gasteiger partial charge on any atom is -0.378 e. The maximum absolute atomic E-state index is 6.06. The summed E-state index contributed by atoms with van der Waals surface area (Å²) in [5, 5.41) is 0. The molecule has 2 atom stereocenters. The van der Waals surface area contributed by atoms with Crippen molar-refractivity contribution >= 4 is 17.0 Å². The van der Waals surface area contributed by atoms with Crippen LogP contribution in [0.2, 0.25) is 0 Å². The molecule has 2 heterocycles. The van der Waals surface area contributed by atoms with E-state index in [-0.39, 0.29) is 0 Å². The van der Waals surface area contributed by atoms with E-state index in [2.05, 4.69) is 41.6 Å². The number of hydrogen-bond acceptors (Lipinski definition) is 3. The van der Waals surface area contributed by atoms with Gasteiger partial charge in [-0.2, -0.15) is 0 Å². The summed E-state index contributed by atoms with van der Waals surface area (Å²) < 4.78 is 7.74. The number of ether oxygens (including phenoxy) is 1. The standard InChI is InChI=1S/C14H19N3O/c1-9-4-3-5-12-13(9)16-14(15)17(12)8-11-6-7-18-10(11)2/h3-5,10-11H,6-8H2,1-2H3,(H2,15,16). The first-order valence-electron chi connectivity index (χ1n) is 6.49. The quantitative estimate of drug-likeness (QED) is 0.883. The number of benzene rings is 1. The highest BCUT2D eigenvalue weighted by Crippen LogP contribution is 2.27. The molecule has 0 amide bonds. The van der Waals surface area contributed by atoms with Crippen molar-refractivity contribution in [1.29, 1.82) is 0 Å². The maximum Gasteiger partial charge on any atom is 0.201 e. The molecule has 1 aromatic heterocycles. The van der Waals surface area contributed by atoms with Gasteiger partial charge in [0.1, 0.15) is 0 Å². The van der Waals surface area contributed by atoms with Crippen LogP contribution in [0.25, 0.3) is 11.0 Å². The first-order chi connectivity index (χ1) is 8.66. The molecule has 0 aliphatic carbocycles. The minimum absolute atomic E-state index is 0.312. The highest BCUT2D eigenvalue weighted by Gasteiger charge is 2.25. The summed E-state index contributed by atoms with van der Waals surface area (Å²) in [5.41, 5.74) is 9.38. The van der Waals surface area contributed by atoms with Crippen LogP contribution in [0.15, 0.2) is 18.2 Å². The number of rotatable bonds is 2.